The molecule has 0 aliphatic rings. The molecule has 0 saturated carbocycles. The number of fused-ring (bicyclic) bond motifs is 1. The van der Waals surface area contributed by atoms with E-state index in [0.29, 0.717) is 23.7 Å². The van der Waals surface area contributed by atoms with Crippen LogP contribution in [0.5, 0.6) is 11.5 Å². The normalized spacial score (nSPS) is 10.6. The first-order valence-corrected chi connectivity index (χ1v) is 9.00. The van der Waals surface area contributed by atoms with Crippen molar-refractivity contribution in [2.75, 3.05) is 6.61 Å². The monoisotopic (exact) mass is 448 g/mol. The molecule has 3 aromatic carbocycles. The Morgan fingerprint density at radius 1 is 0.958 bits per heavy atom. The van der Waals surface area contributed by atoms with Crippen LogP contribution in [0.2, 0.25) is 0 Å². The van der Waals surface area contributed by atoms with Gasteiger partial charge in [-0.3, -0.25) is 0 Å². The van der Waals surface area contributed by atoms with Gasteiger partial charge in [0.1, 0.15) is 17.1 Å². The molecule has 0 aliphatic carbocycles. The molecule has 0 atom stereocenters. The Labute approximate surface area is 156 Å². The number of esters is 1. The van der Waals surface area contributed by atoms with E-state index < -0.39 is 5.97 Å². The first kappa shape index (κ1) is 17.0. The van der Waals surface area contributed by atoms with Crippen molar-refractivity contribution < 1.29 is 14.3 Å². The fourth-order valence-corrected chi connectivity index (χ4v) is 3.26. The minimum absolute atomic E-state index is 0.387. The molecule has 0 heterocycles. The molecule has 3 rings (SSSR count). The standard InChI is InChI=1S/C19H14Br2O3/c1-2-23-17-9-7-12(20)11-15(17)19(22)24-18-10-8-16(21)13-5-3-4-6-14(13)18/h3-11H,2H2,1H3. The van der Waals surface area contributed by atoms with Crippen LogP contribution in [-0.2, 0) is 0 Å². The lowest BCUT2D eigenvalue weighted by Gasteiger charge is -2.12. The average molecular weight is 450 g/mol. The van der Waals surface area contributed by atoms with Gasteiger partial charge in [0.05, 0.1) is 6.61 Å². The van der Waals surface area contributed by atoms with Gasteiger partial charge in [-0.05, 0) is 42.6 Å². The third-order valence-electron chi connectivity index (χ3n) is 3.49. The largest absolute Gasteiger partial charge is 0.493 e. The second kappa shape index (κ2) is 7.36. The van der Waals surface area contributed by atoms with Gasteiger partial charge in [-0.1, -0.05) is 56.1 Å². The first-order valence-electron chi connectivity index (χ1n) is 7.42. The van der Waals surface area contributed by atoms with Crippen molar-refractivity contribution >= 4 is 48.6 Å². The molecule has 0 amide bonds. The van der Waals surface area contributed by atoms with E-state index in [0.717, 1.165) is 19.7 Å². The number of hydrogen-bond donors (Lipinski definition) is 0. The summed E-state index contributed by atoms with van der Waals surface area (Å²) in [5, 5.41) is 1.86. The Morgan fingerprint density at radius 2 is 1.67 bits per heavy atom. The van der Waals surface area contributed by atoms with Crippen LogP contribution in [0.3, 0.4) is 0 Å². The fraction of sp³-hybridized carbons (Fsp3) is 0.105. The lowest BCUT2D eigenvalue weighted by Crippen LogP contribution is -2.11. The topological polar surface area (TPSA) is 35.5 Å². The summed E-state index contributed by atoms with van der Waals surface area (Å²) in [6, 6.07) is 16.7. The van der Waals surface area contributed by atoms with E-state index in [1.54, 1.807) is 18.2 Å². The Morgan fingerprint density at radius 3 is 2.42 bits per heavy atom. The van der Waals surface area contributed by atoms with Gasteiger partial charge in [0.15, 0.2) is 0 Å². The van der Waals surface area contributed by atoms with Crippen LogP contribution < -0.4 is 9.47 Å². The molecule has 0 aromatic heterocycles. The van der Waals surface area contributed by atoms with Crippen molar-refractivity contribution in [1.82, 2.24) is 0 Å². The third-order valence-corrected chi connectivity index (χ3v) is 4.68. The predicted molar refractivity (Wildman–Crippen MR) is 102 cm³/mol. The van der Waals surface area contributed by atoms with E-state index in [4.69, 9.17) is 9.47 Å². The highest BCUT2D eigenvalue weighted by Gasteiger charge is 2.17. The number of carbonyl (C=O) groups is 1. The third kappa shape index (κ3) is 3.47. The SMILES string of the molecule is CCOc1ccc(Br)cc1C(=O)Oc1ccc(Br)c2ccccc12. The van der Waals surface area contributed by atoms with Crippen molar-refractivity contribution in [1.29, 1.82) is 0 Å². The maximum Gasteiger partial charge on any atom is 0.347 e. The summed E-state index contributed by atoms with van der Waals surface area (Å²) in [5.41, 5.74) is 0.387. The lowest BCUT2D eigenvalue weighted by molar-refractivity contribution is 0.0732. The smallest absolute Gasteiger partial charge is 0.347 e. The van der Waals surface area contributed by atoms with E-state index in [2.05, 4.69) is 31.9 Å². The first-order chi connectivity index (χ1) is 11.6. The van der Waals surface area contributed by atoms with Crippen LogP contribution in [0.15, 0.2) is 63.5 Å². The minimum atomic E-state index is -0.452. The molecule has 0 bridgehead atoms. The number of hydrogen-bond acceptors (Lipinski definition) is 3. The molecular formula is C19H14Br2O3. The highest BCUT2D eigenvalue weighted by molar-refractivity contribution is 9.11. The van der Waals surface area contributed by atoms with Gasteiger partial charge >= 0.3 is 5.97 Å². The van der Waals surface area contributed by atoms with Crippen LogP contribution in [0.4, 0.5) is 0 Å². The van der Waals surface area contributed by atoms with E-state index in [-0.39, 0.29) is 0 Å². The second-order valence-corrected chi connectivity index (χ2v) is 6.82. The maximum atomic E-state index is 12.7. The van der Waals surface area contributed by atoms with Gasteiger partial charge in [0, 0.05) is 14.3 Å². The number of rotatable bonds is 4. The Hall–Kier alpha value is -1.85. The van der Waals surface area contributed by atoms with Crippen LogP contribution in [0.25, 0.3) is 10.8 Å². The lowest BCUT2D eigenvalue weighted by atomic mass is 10.1. The van der Waals surface area contributed by atoms with Crippen LogP contribution in [-0.4, -0.2) is 12.6 Å². The molecule has 0 fully saturated rings. The zero-order chi connectivity index (χ0) is 17.1. The zero-order valence-electron chi connectivity index (χ0n) is 12.9. The van der Waals surface area contributed by atoms with Gasteiger partial charge in [-0.15, -0.1) is 0 Å². The molecule has 0 saturated heterocycles. The molecule has 3 nitrogen and oxygen atoms in total. The molecule has 0 N–H and O–H groups in total. The molecule has 24 heavy (non-hydrogen) atoms. The number of benzene rings is 3. The molecular weight excluding hydrogens is 436 g/mol. The van der Waals surface area contributed by atoms with E-state index in [9.17, 15) is 4.79 Å². The van der Waals surface area contributed by atoms with E-state index in [1.165, 1.54) is 0 Å². The predicted octanol–water partition coefficient (Wildman–Crippen LogP) is 5.98. The average Bonchev–Trinajstić information content (AvgIpc) is 2.59. The highest BCUT2D eigenvalue weighted by Crippen LogP contribution is 2.33. The summed E-state index contributed by atoms with van der Waals surface area (Å²) < 4.78 is 12.9. The van der Waals surface area contributed by atoms with Crippen molar-refractivity contribution in [2.45, 2.75) is 6.92 Å². The molecule has 3 aromatic rings. The van der Waals surface area contributed by atoms with Crippen molar-refractivity contribution in [3.63, 3.8) is 0 Å². The van der Waals surface area contributed by atoms with Crippen molar-refractivity contribution in [2.24, 2.45) is 0 Å². The molecule has 0 radical (unpaired) electrons. The number of carbonyl (C=O) groups excluding carboxylic acids is 1. The Kier molecular flexibility index (Phi) is 5.21. The summed E-state index contributed by atoms with van der Waals surface area (Å²) in [4.78, 5) is 12.7. The van der Waals surface area contributed by atoms with Crippen molar-refractivity contribution in [3.05, 3.63) is 69.1 Å². The summed E-state index contributed by atoms with van der Waals surface area (Å²) >= 11 is 6.90. The van der Waals surface area contributed by atoms with Gasteiger partial charge < -0.3 is 9.47 Å². The molecule has 0 spiro atoms. The van der Waals surface area contributed by atoms with Crippen LogP contribution >= 0.6 is 31.9 Å². The van der Waals surface area contributed by atoms with Crippen LogP contribution in [0.1, 0.15) is 17.3 Å². The highest BCUT2D eigenvalue weighted by atomic mass is 79.9. The zero-order valence-corrected chi connectivity index (χ0v) is 16.1. The molecule has 0 aliphatic heterocycles. The van der Waals surface area contributed by atoms with Gasteiger partial charge in [-0.2, -0.15) is 0 Å². The maximum absolute atomic E-state index is 12.7. The summed E-state index contributed by atoms with van der Waals surface area (Å²) in [6.07, 6.45) is 0. The fourth-order valence-electron chi connectivity index (χ4n) is 2.42. The summed E-state index contributed by atoms with van der Waals surface area (Å²) in [5.74, 6) is 0.570. The number of halogens is 2. The van der Waals surface area contributed by atoms with Gasteiger partial charge in [0.2, 0.25) is 0 Å². The van der Waals surface area contributed by atoms with Crippen molar-refractivity contribution in [3.8, 4) is 11.5 Å². The molecule has 0 unspecified atom stereocenters. The number of ether oxygens (including phenoxy) is 2. The quantitative estimate of drug-likeness (QED) is 0.363. The summed E-state index contributed by atoms with van der Waals surface area (Å²) in [7, 11) is 0. The van der Waals surface area contributed by atoms with Crippen LogP contribution in [0, 0.1) is 0 Å². The van der Waals surface area contributed by atoms with E-state index in [1.807, 2.05) is 43.3 Å². The van der Waals surface area contributed by atoms with Gasteiger partial charge in [-0.25, -0.2) is 4.79 Å². The molecule has 5 heteroatoms. The Balaban J connectivity index is 1.99. The molecule has 122 valence electrons. The van der Waals surface area contributed by atoms with Gasteiger partial charge in [0.25, 0.3) is 0 Å². The second-order valence-electron chi connectivity index (χ2n) is 5.05. The Bertz CT molecular complexity index is 906. The minimum Gasteiger partial charge on any atom is -0.493 e. The summed E-state index contributed by atoms with van der Waals surface area (Å²) in [6.45, 7) is 2.35. The van der Waals surface area contributed by atoms with E-state index >= 15 is 0 Å².